The summed E-state index contributed by atoms with van der Waals surface area (Å²) in [5.41, 5.74) is 2.10. The van der Waals surface area contributed by atoms with Crippen LogP contribution < -0.4 is 10.1 Å². The first-order valence-electron chi connectivity index (χ1n) is 8.43. The molecule has 0 aliphatic carbocycles. The van der Waals surface area contributed by atoms with Crippen LogP contribution in [0.2, 0.25) is 5.02 Å². The van der Waals surface area contributed by atoms with Gasteiger partial charge in [0.25, 0.3) is 0 Å². The number of nitrogens with one attached hydrogen (secondary N) is 1. The predicted octanol–water partition coefficient (Wildman–Crippen LogP) is 6.77. The molecule has 4 aromatic rings. The third-order valence-corrected chi connectivity index (χ3v) is 5.10. The Bertz CT molecular complexity index is 1160. The minimum atomic E-state index is -0.304. The van der Waals surface area contributed by atoms with E-state index in [0.29, 0.717) is 22.2 Å². The lowest BCUT2D eigenvalue weighted by molar-refractivity contribution is 0.300. The number of halogens is 4. The molecule has 1 heterocycles. The number of benzene rings is 3. The van der Waals surface area contributed by atoms with Crippen molar-refractivity contribution in [2.45, 2.75) is 6.61 Å². The summed E-state index contributed by atoms with van der Waals surface area (Å²) in [7, 11) is 0. The van der Waals surface area contributed by atoms with Crippen LogP contribution in [-0.2, 0) is 6.61 Å². The highest BCUT2D eigenvalue weighted by Crippen LogP contribution is 2.31. The van der Waals surface area contributed by atoms with Crippen molar-refractivity contribution in [1.82, 2.24) is 9.97 Å². The number of hydrogen-bond donors (Lipinski definition) is 1. The smallest absolute Gasteiger partial charge is 0.141 e. The van der Waals surface area contributed by atoms with Gasteiger partial charge < -0.3 is 10.1 Å². The van der Waals surface area contributed by atoms with Gasteiger partial charge in [0.1, 0.15) is 30.3 Å². The maximum atomic E-state index is 13.7. The van der Waals surface area contributed by atoms with Crippen molar-refractivity contribution >= 4 is 69.0 Å². The molecule has 0 aliphatic rings. The van der Waals surface area contributed by atoms with Gasteiger partial charge in [-0.05, 0) is 65.1 Å². The molecule has 0 radical (unpaired) electrons. The molecule has 29 heavy (non-hydrogen) atoms. The zero-order valence-corrected chi connectivity index (χ0v) is 18.6. The molecule has 148 valence electrons. The number of anilines is 2. The summed E-state index contributed by atoms with van der Waals surface area (Å²) in [5.74, 6) is 0.874. The molecule has 0 fully saturated rings. The summed E-state index contributed by atoms with van der Waals surface area (Å²) < 4.78 is 20.5. The minimum Gasteiger partial charge on any atom is -0.487 e. The Hall–Kier alpha value is -2.16. The summed E-state index contributed by atoms with van der Waals surface area (Å²) in [6.45, 7) is 0.105. The van der Waals surface area contributed by atoms with Gasteiger partial charge in [0.05, 0.1) is 10.5 Å². The summed E-state index contributed by atoms with van der Waals surface area (Å²) >= 11 is 8.61. The highest BCUT2D eigenvalue weighted by molar-refractivity contribution is 14.1. The number of ether oxygens (including phenoxy) is 1. The van der Waals surface area contributed by atoms with Gasteiger partial charge in [-0.15, -0.1) is 12.4 Å². The van der Waals surface area contributed by atoms with Crippen LogP contribution in [0.5, 0.6) is 5.75 Å². The Morgan fingerprint density at radius 1 is 1.03 bits per heavy atom. The molecular formula is C21H15Cl2FIN3O. The fourth-order valence-corrected chi connectivity index (χ4v) is 3.46. The van der Waals surface area contributed by atoms with Crippen LogP contribution in [0.25, 0.3) is 10.9 Å². The third kappa shape index (κ3) is 5.07. The van der Waals surface area contributed by atoms with Gasteiger partial charge in [0.15, 0.2) is 0 Å². The SMILES string of the molecule is Cl.Fc1ccccc1COc1ccc(Nc2ncnc3ccc(I)cc23)cc1Cl. The van der Waals surface area contributed by atoms with Crippen LogP contribution >= 0.6 is 46.6 Å². The topological polar surface area (TPSA) is 47.0 Å². The average molecular weight is 542 g/mol. The molecule has 0 atom stereocenters. The van der Waals surface area contributed by atoms with Crippen molar-refractivity contribution in [2.24, 2.45) is 0 Å². The van der Waals surface area contributed by atoms with Crippen LogP contribution in [0.15, 0.2) is 67.0 Å². The molecule has 4 rings (SSSR count). The summed E-state index contributed by atoms with van der Waals surface area (Å²) in [6, 6.07) is 17.8. The Labute approximate surface area is 192 Å². The number of rotatable bonds is 5. The molecule has 0 saturated heterocycles. The van der Waals surface area contributed by atoms with Gasteiger partial charge >= 0.3 is 0 Å². The second kappa shape index (κ2) is 9.56. The van der Waals surface area contributed by atoms with E-state index in [1.807, 2.05) is 24.3 Å². The second-order valence-corrected chi connectivity index (χ2v) is 7.69. The average Bonchev–Trinajstić information content (AvgIpc) is 2.69. The van der Waals surface area contributed by atoms with E-state index in [4.69, 9.17) is 16.3 Å². The standard InChI is InChI=1S/C21H14ClFIN3O.ClH/c22-17-10-15(6-8-20(17)28-11-13-3-1-2-4-18(13)23)27-21-16-9-14(24)5-7-19(16)25-12-26-21;/h1-10,12H,11H2,(H,25,26,27);1H. The highest BCUT2D eigenvalue weighted by Gasteiger charge is 2.09. The van der Waals surface area contributed by atoms with Crippen LogP contribution in [0.3, 0.4) is 0 Å². The fraction of sp³-hybridized carbons (Fsp3) is 0.0476. The van der Waals surface area contributed by atoms with Crippen molar-refractivity contribution in [3.05, 3.63) is 87.0 Å². The third-order valence-electron chi connectivity index (χ3n) is 4.13. The largest absolute Gasteiger partial charge is 0.487 e. The van der Waals surface area contributed by atoms with Crippen molar-refractivity contribution in [3.63, 3.8) is 0 Å². The lowest BCUT2D eigenvalue weighted by Gasteiger charge is -2.12. The van der Waals surface area contributed by atoms with Gasteiger partial charge in [-0.3, -0.25) is 0 Å². The predicted molar refractivity (Wildman–Crippen MR) is 125 cm³/mol. The van der Waals surface area contributed by atoms with E-state index >= 15 is 0 Å². The summed E-state index contributed by atoms with van der Waals surface area (Å²) in [5, 5.41) is 4.62. The van der Waals surface area contributed by atoms with Crippen LogP contribution in [0, 0.1) is 9.39 Å². The number of fused-ring (bicyclic) bond motifs is 1. The van der Waals surface area contributed by atoms with Gasteiger partial charge in [-0.2, -0.15) is 0 Å². The van der Waals surface area contributed by atoms with Gasteiger partial charge in [0, 0.05) is 20.2 Å². The first kappa shape index (κ1) is 21.5. The normalized spacial score (nSPS) is 10.4. The molecule has 1 aromatic heterocycles. The molecular weight excluding hydrogens is 527 g/mol. The number of hydrogen-bond acceptors (Lipinski definition) is 4. The molecule has 0 aliphatic heterocycles. The first-order chi connectivity index (χ1) is 13.6. The van der Waals surface area contributed by atoms with E-state index in [1.165, 1.54) is 12.4 Å². The van der Waals surface area contributed by atoms with Crippen molar-refractivity contribution in [3.8, 4) is 5.75 Å². The zero-order chi connectivity index (χ0) is 19.5. The lowest BCUT2D eigenvalue weighted by Crippen LogP contribution is -2.00. The van der Waals surface area contributed by atoms with Gasteiger partial charge in [-0.25, -0.2) is 14.4 Å². The van der Waals surface area contributed by atoms with E-state index in [2.05, 4.69) is 37.9 Å². The monoisotopic (exact) mass is 541 g/mol. The Morgan fingerprint density at radius 3 is 2.66 bits per heavy atom. The van der Waals surface area contributed by atoms with E-state index in [1.54, 1.807) is 30.3 Å². The zero-order valence-electron chi connectivity index (χ0n) is 14.9. The van der Waals surface area contributed by atoms with Crippen LogP contribution in [-0.4, -0.2) is 9.97 Å². The van der Waals surface area contributed by atoms with Gasteiger partial charge in [-0.1, -0.05) is 29.8 Å². The number of aromatic nitrogens is 2. The molecule has 0 unspecified atom stereocenters. The summed E-state index contributed by atoms with van der Waals surface area (Å²) in [4.78, 5) is 8.62. The fourth-order valence-electron chi connectivity index (χ4n) is 2.73. The maximum Gasteiger partial charge on any atom is 0.141 e. The minimum absolute atomic E-state index is 0. The Kier molecular flexibility index (Phi) is 7.10. The molecule has 8 heteroatoms. The highest BCUT2D eigenvalue weighted by atomic mass is 127. The Balaban J connectivity index is 0.00000240. The van der Waals surface area contributed by atoms with Crippen molar-refractivity contribution in [1.29, 1.82) is 0 Å². The Morgan fingerprint density at radius 2 is 1.86 bits per heavy atom. The van der Waals surface area contributed by atoms with Gasteiger partial charge in [0.2, 0.25) is 0 Å². The van der Waals surface area contributed by atoms with Crippen LogP contribution in [0.4, 0.5) is 15.9 Å². The van der Waals surface area contributed by atoms with E-state index in [9.17, 15) is 4.39 Å². The molecule has 0 spiro atoms. The van der Waals surface area contributed by atoms with Crippen molar-refractivity contribution < 1.29 is 9.13 Å². The lowest BCUT2D eigenvalue weighted by atomic mass is 10.2. The first-order valence-corrected chi connectivity index (χ1v) is 9.89. The van der Waals surface area contributed by atoms with E-state index in [-0.39, 0.29) is 24.8 Å². The number of nitrogens with zero attached hydrogens (tertiary/aromatic N) is 2. The van der Waals surface area contributed by atoms with E-state index in [0.717, 1.165) is 20.2 Å². The quantitative estimate of drug-likeness (QED) is 0.283. The molecule has 0 amide bonds. The second-order valence-electron chi connectivity index (χ2n) is 6.03. The molecule has 1 N–H and O–H groups in total. The summed E-state index contributed by atoms with van der Waals surface area (Å²) in [6.07, 6.45) is 1.52. The molecule has 0 bridgehead atoms. The molecule has 3 aromatic carbocycles. The van der Waals surface area contributed by atoms with Crippen LogP contribution in [0.1, 0.15) is 5.56 Å². The van der Waals surface area contributed by atoms with E-state index < -0.39 is 0 Å². The van der Waals surface area contributed by atoms with Crippen molar-refractivity contribution in [2.75, 3.05) is 5.32 Å². The maximum absolute atomic E-state index is 13.7. The molecule has 4 nitrogen and oxygen atoms in total. The molecule has 0 saturated carbocycles.